The maximum Gasteiger partial charge on any atom is 0.137 e. The lowest BCUT2D eigenvalue weighted by molar-refractivity contribution is 0.669. The molecule has 12 rings (SSSR count). The molecular formula is C51H31NO. The number of benzene rings is 9. The summed E-state index contributed by atoms with van der Waals surface area (Å²) >= 11 is 0. The van der Waals surface area contributed by atoms with Gasteiger partial charge in [0.1, 0.15) is 11.2 Å². The van der Waals surface area contributed by atoms with Crippen LogP contribution in [0.25, 0.3) is 65.7 Å². The fraction of sp³-hybridized carbons (Fsp3) is 0.0196. The summed E-state index contributed by atoms with van der Waals surface area (Å²) in [5, 5.41) is 7.19. The average molecular weight is 674 g/mol. The van der Waals surface area contributed by atoms with Crippen LogP contribution in [0, 0.1) is 0 Å². The van der Waals surface area contributed by atoms with Gasteiger partial charge in [0, 0.05) is 16.5 Å². The van der Waals surface area contributed by atoms with E-state index in [1.165, 1.54) is 66.1 Å². The van der Waals surface area contributed by atoms with Crippen molar-refractivity contribution in [3.63, 3.8) is 0 Å². The van der Waals surface area contributed by atoms with E-state index in [4.69, 9.17) is 4.42 Å². The van der Waals surface area contributed by atoms with Crippen LogP contribution in [0.1, 0.15) is 22.3 Å². The Morgan fingerprint density at radius 3 is 1.75 bits per heavy atom. The second kappa shape index (κ2) is 10.6. The number of furan rings is 1. The molecule has 10 aromatic rings. The molecule has 2 aliphatic carbocycles. The molecule has 2 heteroatoms. The van der Waals surface area contributed by atoms with Gasteiger partial charge in [-0.1, -0.05) is 140 Å². The smallest absolute Gasteiger partial charge is 0.137 e. The number of rotatable bonds is 3. The summed E-state index contributed by atoms with van der Waals surface area (Å²) in [6, 6.07) is 69.1. The van der Waals surface area contributed by atoms with Crippen LogP contribution < -0.4 is 4.90 Å². The molecule has 2 nitrogen and oxygen atoms in total. The number of nitrogens with zero attached hydrogens (tertiary/aromatic N) is 1. The summed E-state index contributed by atoms with van der Waals surface area (Å²) in [7, 11) is 0. The lowest BCUT2D eigenvalue weighted by Gasteiger charge is -2.33. The first-order valence-electron chi connectivity index (χ1n) is 18.4. The number of hydrogen-bond acceptors (Lipinski definition) is 2. The van der Waals surface area contributed by atoms with Crippen molar-refractivity contribution in [3.8, 4) is 22.3 Å². The average Bonchev–Trinajstić information content (AvgIpc) is 3.85. The monoisotopic (exact) mass is 673 g/mol. The highest BCUT2D eigenvalue weighted by molar-refractivity contribution is 6.17. The molecule has 2 aliphatic rings. The molecule has 0 fully saturated rings. The van der Waals surface area contributed by atoms with Gasteiger partial charge in [-0.05, 0) is 109 Å². The zero-order valence-electron chi connectivity index (χ0n) is 28.8. The van der Waals surface area contributed by atoms with Gasteiger partial charge in [-0.2, -0.15) is 0 Å². The highest BCUT2D eigenvalue weighted by Crippen LogP contribution is 2.65. The molecular weight excluding hydrogens is 643 g/mol. The molecule has 53 heavy (non-hydrogen) atoms. The van der Waals surface area contributed by atoms with Crippen LogP contribution in [0.3, 0.4) is 0 Å². The van der Waals surface area contributed by atoms with E-state index >= 15 is 0 Å². The van der Waals surface area contributed by atoms with Crippen molar-refractivity contribution in [1.82, 2.24) is 0 Å². The molecule has 0 atom stereocenters. The third-order valence-corrected chi connectivity index (χ3v) is 11.8. The van der Waals surface area contributed by atoms with Crippen molar-refractivity contribution in [2.75, 3.05) is 4.90 Å². The van der Waals surface area contributed by atoms with E-state index in [9.17, 15) is 0 Å². The fourth-order valence-electron chi connectivity index (χ4n) is 9.77. The van der Waals surface area contributed by atoms with E-state index in [0.717, 1.165) is 39.0 Å². The van der Waals surface area contributed by atoms with Gasteiger partial charge in [0.05, 0.1) is 22.2 Å². The van der Waals surface area contributed by atoms with Crippen LogP contribution in [0.5, 0.6) is 0 Å². The molecule has 1 heterocycles. The molecule has 1 spiro atoms. The van der Waals surface area contributed by atoms with Crippen LogP contribution in [0.15, 0.2) is 192 Å². The number of fused-ring (bicyclic) bond motifs is 16. The molecule has 0 saturated heterocycles. The molecule has 0 saturated carbocycles. The van der Waals surface area contributed by atoms with E-state index in [-0.39, 0.29) is 0 Å². The lowest BCUT2D eigenvalue weighted by atomic mass is 9.70. The fourth-order valence-corrected chi connectivity index (χ4v) is 9.77. The minimum Gasteiger partial charge on any atom is -0.456 e. The molecule has 9 aromatic carbocycles. The Morgan fingerprint density at radius 2 is 0.981 bits per heavy atom. The Labute approximate surface area is 306 Å². The molecule has 0 bridgehead atoms. The maximum atomic E-state index is 6.48. The van der Waals surface area contributed by atoms with Gasteiger partial charge in [0.15, 0.2) is 0 Å². The first-order chi connectivity index (χ1) is 26.3. The number of hydrogen-bond donors (Lipinski definition) is 0. The van der Waals surface area contributed by atoms with E-state index in [2.05, 4.69) is 187 Å². The molecule has 0 aliphatic heterocycles. The van der Waals surface area contributed by atoms with Crippen molar-refractivity contribution in [1.29, 1.82) is 0 Å². The van der Waals surface area contributed by atoms with Crippen molar-refractivity contribution in [2.45, 2.75) is 5.41 Å². The van der Waals surface area contributed by atoms with Gasteiger partial charge in [-0.15, -0.1) is 0 Å². The third kappa shape index (κ3) is 3.72. The standard InChI is InChI=1S/C51H31NO/c1-2-17-34(18-3-1)52(45-26-14-28-48-50(45)39-23-10-13-27-47(39)53-48)46-31-44-49(38-22-7-6-21-37(38)46)40-29-32-15-4-5-16-33(32)30-43(40)51(44)41-24-11-8-19-35(41)36-20-9-12-25-42(36)51/h1-31H. The van der Waals surface area contributed by atoms with E-state index < -0.39 is 5.41 Å². The second-order valence-corrected chi connectivity index (χ2v) is 14.4. The summed E-state index contributed by atoms with van der Waals surface area (Å²) in [5.74, 6) is 0. The molecule has 0 radical (unpaired) electrons. The maximum absolute atomic E-state index is 6.48. The molecule has 1 aromatic heterocycles. The van der Waals surface area contributed by atoms with Crippen molar-refractivity contribution < 1.29 is 4.42 Å². The van der Waals surface area contributed by atoms with Gasteiger partial charge in [0.2, 0.25) is 0 Å². The topological polar surface area (TPSA) is 16.4 Å². The zero-order chi connectivity index (χ0) is 34.7. The summed E-state index contributed by atoms with van der Waals surface area (Å²) < 4.78 is 6.48. The molecule has 0 unspecified atom stereocenters. The van der Waals surface area contributed by atoms with Crippen LogP contribution in [-0.2, 0) is 5.41 Å². The Bertz CT molecular complexity index is 3090. The van der Waals surface area contributed by atoms with Gasteiger partial charge in [-0.25, -0.2) is 0 Å². The minimum atomic E-state index is -0.503. The summed E-state index contributed by atoms with van der Waals surface area (Å²) in [6.45, 7) is 0. The normalized spacial score (nSPS) is 13.4. The quantitative estimate of drug-likeness (QED) is 0.186. The van der Waals surface area contributed by atoms with Crippen molar-refractivity contribution in [2.24, 2.45) is 0 Å². The predicted octanol–water partition coefficient (Wildman–Crippen LogP) is 13.7. The Hall–Kier alpha value is -6.90. The van der Waals surface area contributed by atoms with Crippen molar-refractivity contribution in [3.05, 3.63) is 210 Å². The highest BCUT2D eigenvalue weighted by Gasteiger charge is 2.52. The first-order valence-corrected chi connectivity index (χ1v) is 18.4. The van der Waals surface area contributed by atoms with Gasteiger partial charge >= 0.3 is 0 Å². The lowest BCUT2D eigenvalue weighted by Crippen LogP contribution is -2.26. The third-order valence-electron chi connectivity index (χ3n) is 11.8. The van der Waals surface area contributed by atoms with Crippen LogP contribution in [0.4, 0.5) is 17.1 Å². The second-order valence-electron chi connectivity index (χ2n) is 14.4. The summed E-state index contributed by atoms with van der Waals surface area (Å²) in [6.07, 6.45) is 0. The molecule has 0 amide bonds. The predicted molar refractivity (Wildman–Crippen MR) is 220 cm³/mol. The molecule has 246 valence electrons. The summed E-state index contributed by atoms with van der Waals surface area (Å²) in [4.78, 5) is 2.47. The van der Waals surface area contributed by atoms with Crippen LogP contribution >= 0.6 is 0 Å². The Balaban J connectivity index is 1.27. The van der Waals surface area contributed by atoms with E-state index in [0.29, 0.717) is 0 Å². The first kappa shape index (κ1) is 28.8. The van der Waals surface area contributed by atoms with E-state index in [1.807, 2.05) is 6.07 Å². The number of anilines is 3. The van der Waals surface area contributed by atoms with E-state index in [1.54, 1.807) is 0 Å². The number of para-hydroxylation sites is 2. The molecule has 0 N–H and O–H groups in total. The zero-order valence-corrected chi connectivity index (χ0v) is 28.8. The minimum absolute atomic E-state index is 0.503. The summed E-state index contributed by atoms with van der Waals surface area (Å²) in [5.41, 5.74) is 15.2. The highest BCUT2D eigenvalue weighted by atomic mass is 16.3. The van der Waals surface area contributed by atoms with Crippen LogP contribution in [-0.4, -0.2) is 0 Å². The van der Waals surface area contributed by atoms with Crippen molar-refractivity contribution >= 4 is 60.5 Å². The van der Waals surface area contributed by atoms with Gasteiger partial charge < -0.3 is 9.32 Å². The van der Waals surface area contributed by atoms with Gasteiger partial charge in [0.25, 0.3) is 0 Å². The Morgan fingerprint density at radius 1 is 0.377 bits per heavy atom. The Kier molecular flexibility index (Phi) is 5.73. The van der Waals surface area contributed by atoms with Gasteiger partial charge in [-0.3, -0.25) is 0 Å². The largest absolute Gasteiger partial charge is 0.456 e. The van der Waals surface area contributed by atoms with Crippen LogP contribution in [0.2, 0.25) is 0 Å². The SMILES string of the molecule is c1ccc(N(c2cc3c(c4ccccc24)-c2cc4ccccc4cc2C32c3ccccc3-c3ccccc32)c2cccc3oc4ccccc4c23)cc1.